The third kappa shape index (κ3) is 23.2. The maximum Gasteiger partial charge on any atom is 0.305 e. The standard InChI is InChI=1S/C17H35NO7/c1-2-5-18-6-3-7-21-9-11-23-13-15-25-16-14-24-12-10-22-8-4-17(19)20/h18H,2-16H2,1H3,(H,19,20). The highest BCUT2D eigenvalue weighted by Crippen LogP contribution is 1.86. The van der Waals surface area contributed by atoms with Crippen molar-refractivity contribution in [2.24, 2.45) is 0 Å². The average molecular weight is 365 g/mol. The van der Waals surface area contributed by atoms with Gasteiger partial charge in [0.25, 0.3) is 0 Å². The number of carbonyl (C=O) groups is 1. The van der Waals surface area contributed by atoms with Crippen LogP contribution in [0.2, 0.25) is 0 Å². The molecule has 0 radical (unpaired) electrons. The summed E-state index contributed by atoms with van der Waals surface area (Å²) in [6.45, 7) is 9.26. The maximum atomic E-state index is 10.2. The molecule has 0 bridgehead atoms. The fraction of sp³-hybridized carbons (Fsp3) is 0.941. The second kappa shape index (κ2) is 21.3. The Morgan fingerprint density at radius 3 is 1.60 bits per heavy atom. The van der Waals surface area contributed by atoms with Crippen LogP contribution in [0.5, 0.6) is 0 Å². The Labute approximate surface area is 151 Å². The third-order valence-corrected chi connectivity index (χ3v) is 3.02. The minimum absolute atomic E-state index is 0.0182. The van der Waals surface area contributed by atoms with Crippen molar-refractivity contribution in [1.82, 2.24) is 5.32 Å². The Morgan fingerprint density at radius 2 is 1.16 bits per heavy atom. The van der Waals surface area contributed by atoms with Gasteiger partial charge in [0.1, 0.15) is 0 Å². The SMILES string of the molecule is CCCNCCCOCCOCCOCCOCCOCCC(=O)O. The summed E-state index contributed by atoms with van der Waals surface area (Å²) < 4.78 is 26.6. The first-order valence-corrected chi connectivity index (χ1v) is 9.08. The number of rotatable bonds is 21. The fourth-order valence-electron chi connectivity index (χ4n) is 1.74. The van der Waals surface area contributed by atoms with Crippen molar-refractivity contribution in [3.8, 4) is 0 Å². The topological polar surface area (TPSA) is 95.5 Å². The molecule has 0 aromatic carbocycles. The highest BCUT2D eigenvalue weighted by atomic mass is 16.6. The van der Waals surface area contributed by atoms with Crippen LogP contribution in [0.15, 0.2) is 0 Å². The van der Waals surface area contributed by atoms with Crippen molar-refractivity contribution in [2.45, 2.75) is 26.2 Å². The van der Waals surface area contributed by atoms with Crippen molar-refractivity contribution >= 4 is 5.97 Å². The summed E-state index contributed by atoms with van der Waals surface area (Å²) in [4.78, 5) is 10.2. The lowest BCUT2D eigenvalue weighted by molar-refractivity contribution is -0.138. The number of ether oxygens (including phenoxy) is 5. The number of hydrogen-bond acceptors (Lipinski definition) is 7. The number of carboxylic acids is 1. The molecule has 0 aliphatic carbocycles. The molecule has 8 heteroatoms. The highest BCUT2D eigenvalue weighted by Gasteiger charge is 1.96. The molecule has 0 atom stereocenters. The monoisotopic (exact) mass is 365 g/mol. The Balaban J connectivity index is 2.97. The zero-order valence-corrected chi connectivity index (χ0v) is 15.5. The zero-order valence-electron chi connectivity index (χ0n) is 15.5. The molecule has 0 amide bonds. The molecular weight excluding hydrogens is 330 g/mol. The van der Waals surface area contributed by atoms with Gasteiger partial charge in [0.15, 0.2) is 0 Å². The average Bonchev–Trinajstić information content (AvgIpc) is 2.60. The van der Waals surface area contributed by atoms with Crippen LogP contribution in [0.1, 0.15) is 26.2 Å². The number of nitrogens with one attached hydrogen (secondary N) is 1. The first-order valence-electron chi connectivity index (χ1n) is 9.08. The molecule has 0 fully saturated rings. The van der Waals surface area contributed by atoms with E-state index in [4.69, 9.17) is 28.8 Å². The molecule has 0 unspecified atom stereocenters. The van der Waals surface area contributed by atoms with Crippen molar-refractivity contribution < 1.29 is 33.6 Å². The van der Waals surface area contributed by atoms with Crippen LogP contribution in [-0.4, -0.2) is 90.2 Å². The lowest BCUT2D eigenvalue weighted by Crippen LogP contribution is -2.18. The summed E-state index contributed by atoms with van der Waals surface area (Å²) in [5.41, 5.74) is 0. The lowest BCUT2D eigenvalue weighted by Gasteiger charge is -2.08. The van der Waals surface area contributed by atoms with E-state index < -0.39 is 5.97 Å². The van der Waals surface area contributed by atoms with E-state index in [2.05, 4.69) is 12.2 Å². The number of aliphatic carboxylic acids is 1. The molecule has 8 nitrogen and oxygen atoms in total. The molecule has 0 aliphatic heterocycles. The normalized spacial score (nSPS) is 11.1. The summed E-state index contributed by atoms with van der Waals surface area (Å²) in [5, 5.41) is 11.7. The van der Waals surface area contributed by atoms with Gasteiger partial charge in [-0.15, -0.1) is 0 Å². The Bertz CT molecular complexity index is 280. The van der Waals surface area contributed by atoms with Crippen LogP contribution >= 0.6 is 0 Å². The van der Waals surface area contributed by atoms with E-state index in [1.165, 1.54) is 0 Å². The van der Waals surface area contributed by atoms with Gasteiger partial charge in [0, 0.05) is 6.61 Å². The van der Waals surface area contributed by atoms with Crippen LogP contribution in [0.25, 0.3) is 0 Å². The second-order valence-corrected chi connectivity index (χ2v) is 5.31. The number of carboxylic acid groups (broad SMARTS) is 1. The van der Waals surface area contributed by atoms with E-state index in [1.807, 2.05) is 0 Å². The molecule has 0 heterocycles. The van der Waals surface area contributed by atoms with Gasteiger partial charge in [0.2, 0.25) is 0 Å². The lowest BCUT2D eigenvalue weighted by atomic mass is 10.4. The van der Waals surface area contributed by atoms with Gasteiger partial charge in [-0.05, 0) is 25.9 Å². The first kappa shape index (κ1) is 24.2. The third-order valence-electron chi connectivity index (χ3n) is 3.02. The van der Waals surface area contributed by atoms with Crippen LogP contribution in [0, 0.1) is 0 Å². The largest absolute Gasteiger partial charge is 0.481 e. The molecular formula is C17H35NO7. The summed E-state index contributed by atoms with van der Waals surface area (Å²) in [6.07, 6.45) is 2.20. The minimum atomic E-state index is -0.859. The number of hydrogen-bond donors (Lipinski definition) is 2. The zero-order chi connectivity index (χ0) is 18.4. The first-order chi connectivity index (χ1) is 12.3. The highest BCUT2D eigenvalue weighted by molar-refractivity contribution is 5.66. The van der Waals surface area contributed by atoms with Gasteiger partial charge in [-0.2, -0.15) is 0 Å². The van der Waals surface area contributed by atoms with E-state index in [0.29, 0.717) is 52.9 Å². The Hall–Kier alpha value is -0.770. The van der Waals surface area contributed by atoms with Crippen LogP contribution in [0.4, 0.5) is 0 Å². The quantitative estimate of drug-likeness (QED) is 0.290. The van der Waals surface area contributed by atoms with Gasteiger partial charge in [-0.1, -0.05) is 6.92 Å². The second-order valence-electron chi connectivity index (χ2n) is 5.31. The van der Waals surface area contributed by atoms with Gasteiger partial charge in [0.05, 0.1) is 65.9 Å². The summed E-state index contributed by atoms with van der Waals surface area (Å²) in [6, 6.07) is 0. The summed E-state index contributed by atoms with van der Waals surface area (Å²) in [7, 11) is 0. The van der Waals surface area contributed by atoms with Crippen LogP contribution in [0.3, 0.4) is 0 Å². The summed E-state index contributed by atoms with van der Waals surface area (Å²) >= 11 is 0. The van der Waals surface area contributed by atoms with Crippen LogP contribution in [-0.2, 0) is 28.5 Å². The van der Waals surface area contributed by atoms with Crippen LogP contribution < -0.4 is 5.32 Å². The van der Waals surface area contributed by atoms with Crippen molar-refractivity contribution in [2.75, 3.05) is 79.2 Å². The smallest absolute Gasteiger partial charge is 0.305 e. The molecule has 0 aliphatic rings. The molecule has 25 heavy (non-hydrogen) atoms. The molecule has 0 spiro atoms. The van der Waals surface area contributed by atoms with E-state index in [-0.39, 0.29) is 13.0 Å². The predicted octanol–water partition coefficient (Wildman–Crippen LogP) is 0.934. The van der Waals surface area contributed by atoms with Crippen molar-refractivity contribution in [1.29, 1.82) is 0 Å². The van der Waals surface area contributed by atoms with Gasteiger partial charge in [-0.3, -0.25) is 4.79 Å². The van der Waals surface area contributed by atoms with Crippen molar-refractivity contribution in [3.63, 3.8) is 0 Å². The van der Waals surface area contributed by atoms with Gasteiger partial charge in [-0.25, -0.2) is 0 Å². The molecule has 0 aromatic rings. The maximum absolute atomic E-state index is 10.2. The molecule has 0 aromatic heterocycles. The molecule has 2 N–H and O–H groups in total. The molecule has 0 rings (SSSR count). The van der Waals surface area contributed by atoms with E-state index in [1.54, 1.807) is 0 Å². The van der Waals surface area contributed by atoms with Gasteiger partial charge >= 0.3 is 5.97 Å². The van der Waals surface area contributed by atoms with E-state index >= 15 is 0 Å². The fourth-order valence-corrected chi connectivity index (χ4v) is 1.74. The Kier molecular flexibility index (Phi) is 20.6. The minimum Gasteiger partial charge on any atom is -0.481 e. The van der Waals surface area contributed by atoms with E-state index in [9.17, 15) is 4.79 Å². The van der Waals surface area contributed by atoms with E-state index in [0.717, 1.165) is 32.5 Å². The van der Waals surface area contributed by atoms with Crippen molar-refractivity contribution in [3.05, 3.63) is 0 Å². The summed E-state index contributed by atoms with van der Waals surface area (Å²) in [5.74, 6) is -0.859. The molecule has 0 saturated heterocycles. The molecule has 0 saturated carbocycles. The van der Waals surface area contributed by atoms with Gasteiger partial charge < -0.3 is 34.1 Å². The Morgan fingerprint density at radius 1 is 0.720 bits per heavy atom. The predicted molar refractivity (Wildman–Crippen MR) is 94.1 cm³/mol. The molecule has 150 valence electrons.